The van der Waals surface area contributed by atoms with Crippen molar-refractivity contribution in [2.45, 2.75) is 37.3 Å². The molecule has 0 saturated carbocycles. The van der Waals surface area contributed by atoms with Crippen LogP contribution in [0.15, 0.2) is 17.0 Å². The molecular weight excluding hydrogens is 292 g/mol. The second kappa shape index (κ2) is 5.24. The van der Waals surface area contributed by atoms with Gasteiger partial charge < -0.3 is 5.73 Å². The number of rotatable bonds is 2. The molecule has 1 saturated heterocycles. The van der Waals surface area contributed by atoms with Crippen molar-refractivity contribution in [2.24, 2.45) is 0 Å². The first kappa shape index (κ1) is 15.7. The van der Waals surface area contributed by atoms with Gasteiger partial charge in [0.15, 0.2) is 0 Å². The highest BCUT2D eigenvalue weighted by Crippen LogP contribution is 2.34. The number of anilines is 1. The quantitative estimate of drug-likeness (QED) is 0.852. The Hall–Kier alpha value is -0.720. The number of nitrogen functional groups attached to an aromatic ring is 1. The molecule has 1 aromatic rings. The molecule has 1 aliphatic heterocycles. The number of sulfonamides is 1. The largest absolute Gasteiger partial charge is 0.398 e. The van der Waals surface area contributed by atoms with E-state index in [-0.39, 0.29) is 4.75 Å². The summed E-state index contributed by atoms with van der Waals surface area (Å²) in [5.74, 6) is 0.826. The van der Waals surface area contributed by atoms with Crippen molar-refractivity contribution >= 4 is 27.5 Å². The number of nitrogens with zero attached hydrogens (tertiary/aromatic N) is 1. The zero-order valence-electron chi connectivity index (χ0n) is 12.4. The minimum Gasteiger partial charge on any atom is -0.398 e. The zero-order chi connectivity index (χ0) is 15.1. The molecule has 0 amide bonds. The fourth-order valence-corrected chi connectivity index (χ4v) is 5.69. The van der Waals surface area contributed by atoms with Gasteiger partial charge >= 0.3 is 0 Å². The van der Waals surface area contributed by atoms with Crippen LogP contribution in [0.1, 0.15) is 25.0 Å². The van der Waals surface area contributed by atoms with Crippen LogP contribution < -0.4 is 5.73 Å². The van der Waals surface area contributed by atoms with Crippen LogP contribution >= 0.6 is 11.8 Å². The van der Waals surface area contributed by atoms with Crippen LogP contribution in [0.25, 0.3) is 0 Å². The molecule has 4 nitrogen and oxygen atoms in total. The molecule has 0 aliphatic carbocycles. The average molecular weight is 314 g/mol. The summed E-state index contributed by atoms with van der Waals surface area (Å²) in [5, 5.41) is 0. The van der Waals surface area contributed by atoms with E-state index in [9.17, 15) is 8.42 Å². The van der Waals surface area contributed by atoms with Crippen molar-refractivity contribution in [3.63, 3.8) is 0 Å². The monoisotopic (exact) mass is 314 g/mol. The summed E-state index contributed by atoms with van der Waals surface area (Å²) in [7, 11) is -3.47. The summed E-state index contributed by atoms with van der Waals surface area (Å²) in [5.41, 5.74) is 7.97. The number of thioether (sulfide) groups is 1. The van der Waals surface area contributed by atoms with E-state index in [1.54, 1.807) is 17.3 Å². The van der Waals surface area contributed by atoms with E-state index in [4.69, 9.17) is 5.73 Å². The maximum atomic E-state index is 12.9. The Morgan fingerprint density at radius 3 is 2.55 bits per heavy atom. The van der Waals surface area contributed by atoms with E-state index in [1.165, 1.54) is 0 Å². The van der Waals surface area contributed by atoms with E-state index in [2.05, 4.69) is 13.8 Å². The predicted octanol–water partition coefficient (Wildman–Crippen LogP) is 2.40. The smallest absolute Gasteiger partial charge is 0.243 e. The Kier molecular flexibility index (Phi) is 4.10. The fourth-order valence-electron chi connectivity index (χ4n) is 2.44. The van der Waals surface area contributed by atoms with Gasteiger partial charge in [-0.05, 0) is 51.0 Å². The third-order valence-corrected chi connectivity index (χ3v) is 6.82. The molecule has 1 aromatic carbocycles. The van der Waals surface area contributed by atoms with Crippen molar-refractivity contribution in [1.82, 2.24) is 4.31 Å². The lowest BCUT2D eigenvalue weighted by Gasteiger charge is -2.37. The van der Waals surface area contributed by atoms with Crippen LogP contribution in [-0.2, 0) is 10.0 Å². The Balaban J connectivity index is 2.46. The standard InChI is InChI=1S/C14H22N2O2S2/c1-10-7-12(15)11(2)13(8-10)20(17,18)16-5-6-19-14(3,4)9-16/h7-8H,5-6,9,15H2,1-4H3. The molecule has 1 heterocycles. The van der Waals surface area contributed by atoms with Crippen molar-refractivity contribution in [1.29, 1.82) is 0 Å². The molecule has 0 radical (unpaired) electrons. The number of nitrogens with two attached hydrogens (primary N) is 1. The summed E-state index contributed by atoms with van der Waals surface area (Å²) in [4.78, 5) is 0.345. The molecule has 112 valence electrons. The highest BCUT2D eigenvalue weighted by molar-refractivity contribution is 8.00. The van der Waals surface area contributed by atoms with Gasteiger partial charge in [-0.1, -0.05) is 0 Å². The Morgan fingerprint density at radius 1 is 1.30 bits per heavy atom. The van der Waals surface area contributed by atoms with Crippen molar-refractivity contribution in [3.05, 3.63) is 23.3 Å². The second-order valence-corrected chi connectivity index (χ2v) is 9.63. The van der Waals surface area contributed by atoms with Crippen molar-refractivity contribution in [2.75, 3.05) is 24.6 Å². The third-order valence-electron chi connectivity index (χ3n) is 3.55. The molecule has 1 aliphatic rings. The topological polar surface area (TPSA) is 63.4 Å². The highest BCUT2D eigenvalue weighted by atomic mass is 32.2. The molecule has 0 aromatic heterocycles. The van der Waals surface area contributed by atoms with Gasteiger partial charge in [0.1, 0.15) is 0 Å². The molecule has 0 unspecified atom stereocenters. The summed E-state index contributed by atoms with van der Waals surface area (Å²) in [6.07, 6.45) is 0. The SMILES string of the molecule is Cc1cc(N)c(C)c(S(=O)(=O)N2CCSC(C)(C)C2)c1. The minimum absolute atomic E-state index is 0.0470. The lowest BCUT2D eigenvalue weighted by Crippen LogP contribution is -2.46. The first-order valence-electron chi connectivity index (χ1n) is 6.64. The number of aryl methyl sites for hydroxylation is 1. The normalized spacial score (nSPS) is 20.0. The summed E-state index contributed by atoms with van der Waals surface area (Å²) >= 11 is 1.82. The summed E-state index contributed by atoms with van der Waals surface area (Å²) in [6.45, 7) is 8.89. The number of benzene rings is 1. The van der Waals surface area contributed by atoms with Crippen LogP contribution in [0.4, 0.5) is 5.69 Å². The van der Waals surface area contributed by atoms with Crippen LogP contribution in [0.3, 0.4) is 0 Å². The predicted molar refractivity (Wildman–Crippen MR) is 85.6 cm³/mol. The van der Waals surface area contributed by atoms with E-state index in [0.29, 0.717) is 29.2 Å². The van der Waals surface area contributed by atoms with Gasteiger partial charge in [-0.15, -0.1) is 0 Å². The van der Waals surface area contributed by atoms with Crippen LogP contribution in [0.2, 0.25) is 0 Å². The lowest BCUT2D eigenvalue weighted by atomic mass is 10.1. The van der Waals surface area contributed by atoms with Gasteiger partial charge in [0.05, 0.1) is 4.90 Å². The molecule has 0 bridgehead atoms. The summed E-state index contributed by atoms with van der Waals surface area (Å²) in [6, 6.07) is 3.53. The fraction of sp³-hybridized carbons (Fsp3) is 0.571. The van der Waals surface area contributed by atoms with Crippen molar-refractivity contribution < 1.29 is 8.42 Å². The maximum Gasteiger partial charge on any atom is 0.243 e. The highest BCUT2D eigenvalue weighted by Gasteiger charge is 2.35. The number of hydrogen-bond acceptors (Lipinski definition) is 4. The zero-order valence-corrected chi connectivity index (χ0v) is 14.1. The molecule has 2 N–H and O–H groups in total. The molecule has 6 heteroatoms. The van der Waals surface area contributed by atoms with E-state index >= 15 is 0 Å². The molecule has 1 fully saturated rings. The molecule has 20 heavy (non-hydrogen) atoms. The van der Waals surface area contributed by atoms with Crippen molar-refractivity contribution in [3.8, 4) is 0 Å². The van der Waals surface area contributed by atoms with Crippen LogP contribution in [0.5, 0.6) is 0 Å². The van der Waals surface area contributed by atoms with Gasteiger partial charge in [-0.25, -0.2) is 8.42 Å². The molecule has 0 spiro atoms. The first-order chi connectivity index (χ1) is 9.13. The minimum atomic E-state index is -3.47. The maximum absolute atomic E-state index is 12.9. The van der Waals surface area contributed by atoms with Crippen LogP contribution in [-0.4, -0.2) is 36.3 Å². The average Bonchev–Trinajstić information content (AvgIpc) is 2.32. The van der Waals surface area contributed by atoms with Gasteiger partial charge in [0.2, 0.25) is 10.0 Å². The van der Waals surface area contributed by atoms with E-state index in [1.807, 2.05) is 24.8 Å². The summed E-state index contributed by atoms with van der Waals surface area (Å²) < 4.78 is 27.3. The van der Waals surface area contributed by atoms with E-state index in [0.717, 1.165) is 11.3 Å². The Labute approximate surface area is 125 Å². The number of hydrogen-bond donors (Lipinski definition) is 1. The van der Waals surface area contributed by atoms with E-state index < -0.39 is 10.0 Å². The van der Waals surface area contributed by atoms with Crippen LogP contribution in [0, 0.1) is 13.8 Å². The first-order valence-corrected chi connectivity index (χ1v) is 9.07. The molecule has 0 atom stereocenters. The third kappa shape index (κ3) is 2.97. The van der Waals surface area contributed by atoms with Gasteiger partial charge in [0, 0.05) is 29.3 Å². The Morgan fingerprint density at radius 2 is 1.95 bits per heavy atom. The lowest BCUT2D eigenvalue weighted by molar-refractivity contribution is 0.387. The van der Waals surface area contributed by atoms with Gasteiger partial charge in [0.25, 0.3) is 0 Å². The van der Waals surface area contributed by atoms with Gasteiger partial charge in [-0.2, -0.15) is 16.1 Å². The van der Waals surface area contributed by atoms with Gasteiger partial charge in [-0.3, -0.25) is 0 Å². The molecular formula is C14H22N2O2S2. The molecule has 2 rings (SSSR count). The Bertz CT molecular complexity index is 624. The second-order valence-electron chi connectivity index (χ2n) is 5.92.